The molecule has 0 bridgehead atoms. The summed E-state index contributed by atoms with van der Waals surface area (Å²) in [6, 6.07) is 24.8. The molecule has 0 aliphatic carbocycles. The zero-order valence-electron chi connectivity index (χ0n) is 15.8. The molecule has 0 saturated heterocycles. The second kappa shape index (κ2) is 7.53. The van der Waals surface area contributed by atoms with Gasteiger partial charge in [-0.1, -0.05) is 53.6 Å². The molecule has 0 aliphatic heterocycles. The standard InChI is InChI=1S/C24H20N2O2/c1-16-7-11-19(12-8-16)25-23(27)21-15-18-5-3-4-6-22(18)28-24(21)26-20-13-9-17(2)10-14-20/h3-15H,1-2H3,(H,25,27). The number of hydrogen-bond acceptors (Lipinski definition) is 3. The molecule has 0 aliphatic rings. The topological polar surface area (TPSA) is 54.6 Å². The number of benzene rings is 3. The molecule has 1 amide bonds. The van der Waals surface area contributed by atoms with Crippen LogP contribution < -0.4 is 10.9 Å². The van der Waals surface area contributed by atoms with E-state index in [1.54, 1.807) is 0 Å². The normalized spacial score (nSPS) is 11.6. The maximum atomic E-state index is 13.0. The first-order valence-electron chi connectivity index (χ1n) is 9.11. The molecule has 0 unspecified atom stereocenters. The molecule has 0 atom stereocenters. The fraction of sp³-hybridized carbons (Fsp3) is 0.0833. The van der Waals surface area contributed by atoms with Crippen molar-refractivity contribution in [2.24, 2.45) is 4.99 Å². The lowest BCUT2D eigenvalue weighted by Crippen LogP contribution is -2.21. The Kier molecular flexibility index (Phi) is 4.77. The highest BCUT2D eigenvalue weighted by atomic mass is 16.3. The van der Waals surface area contributed by atoms with Crippen LogP contribution in [0, 0.1) is 13.8 Å². The minimum Gasteiger partial charge on any atom is -0.438 e. The van der Waals surface area contributed by atoms with Crippen molar-refractivity contribution >= 4 is 28.3 Å². The Morgan fingerprint density at radius 2 is 1.50 bits per heavy atom. The van der Waals surface area contributed by atoms with Crippen LogP contribution in [0.1, 0.15) is 21.5 Å². The van der Waals surface area contributed by atoms with Crippen LogP contribution in [0.25, 0.3) is 11.0 Å². The van der Waals surface area contributed by atoms with E-state index in [2.05, 4.69) is 10.3 Å². The molecular weight excluding hydrogens is 348 g/mol. The molecule has 1 aromatic heterocycles. The zero-order chi connectivity index (χ0) is 19.5. The monoisotopic (exact) mass is 368 g/mol. The number of aryl methyl sites for hydroxylation is 2. The Morgan fingerprint density at radius 3 is 2.21 bits per heavy atom. The predicted molar refractivity (Wildman–Crippen MR) is 112 cm³/mol. The summed E-state index contributed by atoms with van der Waals surface area (Å²) in [6.07, 6.45) is 0. The molecule has 4 rings (SSSR count). The van der Waals surface area contributed by atoms with Crippen LogP contribution in [0.15, 0.2) is 88.3 Å². The van der Waals surface area contributed by atoms with Crippen molar-refractivity contribution in [3.8, 4) is 0 Å². The Bertz CT molecular complexity index is 1200. The summed E-state index contributed by atoms with van der Waals surface area (Å²) in [5.41, 5.74) is 5.09. The Balaban J connectivity index is 1.81. The van der Waals surface area contributed by atoms with E-state index >= 15 is 0 Å². The summed E-state index contributed by atoms with van der Waals surface area (Å²) in [7, 11) is 0. The number of nitrogens with one attached hydrogen (secondary N) is 1. The largest absolute Gasteiger partial charge is 0.438 e. The van der Waals surface area contributed by atoms with Gasteiger partial charge in [-0.3, -0.25) is 4.79 Å². The summed E-state index contributed by atoms with van der Waals surface area (Å²) in [4.78, 5) is 17.6. The van der Waals surface area contributed by atoms with E-state index in [4.69, 9.17) is 4.42 Å². The van der Waals surface area contributed by atoms with Crippen molar-refractivity contribution in [3.63, 3.8) is 0 Å². The molecule has 0 fully saturated rings. The van der Waals surface area contributed by atoms with Gasteiger partial charge in [0.05, 0.1) is 5.69 Å². The Labute approximate surface area is 163 Å². The number of amides is 1. The smallest absolute Gasteiger partial charge is 0.261 e. The molecule has 138 valence electrons. The van der Waals surface area contributed by atoms with Crippen LogP contribution in [0.2, 0.25) is 0 Å². The molecule has 4 nitrogen and oxygen atoms in total. The first-order valence-corrected chi connectivity index (χ1v) is 9.11. The lowest BCUT2D eigenvalue weighted by Gasteiger charge is -2.07. The zero-order valence-corrected chi connectivity index (χ0v) is 15.8. The molecular formula is C24H20N2O2. The van der Waals surface area contributed by atoms with Crippen molar-refractivity contribution in [3.05, 3.63) is 101 Å². The van der Waals surface area contributed by atoms with Gasteiger partial charge >= 0.3 is 0 Å². The summed E-state index contributed by atoms with van der Waals surface area (Å²) >= 11 is 0. The van der Waals surface area contributed by atoms with Crippen molar-refractivity contribution in [2.75, 3.05) is 5.32 Å². The van der Waals surface area contributed by atoms with Gasteiger partial charge < -0.3 is 9.73 Å². The van der Waals surface area contributed by atoms with Crippen molar-refractivity contribution < 1.29 is 9.21 Å². The van der Waals surface area contributed by atoms with Crippen LogP contribution in [-0.4, -0.2) is 5.91 Å². The third-order valence-electron chi connectivity index (χ3n) is 4.47. The summed E-state index contributed by atoms with van der Waals surface area (Å²) in [6.45, 7) is 4.02. The van der Waals surface area contributed by atoms with Crippen LogP contribution in [-0.2, 0) is 0 Å². The number of fused-ring (bicyclic) bond motifs is 1. The third-order valence-corrected chi connectivity index (χ3v) is 4.47. The molecule has 0 radical (unpaired) electrons. The molecule has 1 N–H and O–H groups in total. The van der Waals surface area contributed by atoms with Crippen molar-refractivity contribution in [1.29, 1.82) is 0 Å². The minimum absolute atomic E-state index is 0.260. The lowest BCUT2D eigenvalue weighted by atomic mass is 10.1. The van der Waals surface area contributed by atoms with E-state index in [9.17, 15) is 4.79 Å². The van der Waals surface area contributed by atoms with Gasteiger partial charge in [-0.2, -0.15) is 0 Å². The summed E-state index contributed by atoms with van der Waals surface area (Å²) < 4.78 is 5.98. The molecule has 1 heterocycles. The maximum absolute atomic E-state index is 13.0. The van der Waals surface area contributed by atoms with E-state index in [0.717, 1.165) is 27.9 Å². The Hall–Kier alpha value is -3.66. The van der Waals surface area contributed by atoms with Crippen LogP contribution in [0.4, 0.5) is 11.4 Å². The van der Waals surface area contributed by atoms with Gasteiger partial charge in [0.2, 0.25) is 5.55 Å². The second-order valence-electron chi connectivity index (χ2n) is 6.77. The number of carbonyl (C=O) groups is 1. The minimum atomic E-state index is -0.260. The van der Waals surface area contributed by atoms with E-state index in [0.29, 0.717) is 11.1 Å². The molecule has 3 aromatic carbocycles. The number of hydrogen-bond donors (Lipinski definition) is 1. The fourth-order valence-corrected chi connectivity index (χ4v) is 2.89. The van der Waals surface area contributed by atoms with Gasteiger partial charge in [0, 0.05) is 11.1 Å². The number of anilines is 1. The SMILES string of the molecule is Cc1ccc(N=c2oc3ccccc3cc2C(=O)Nc2ccc(C)cc2)cc1. The third kappa shape index (κ3) is 3.86. The maximum Gasteiger partial charge on any atom is 0.261 e. The number of rotatable bonds is 3. The van der Waals surface area contributed by atoms with Gasteiger partial charge in [-0.25, -0.2) is 4.99 Å². The first-order chi connectivity index (χ1) is 13.6. The van der Waals surface area contributed by atoms with Gasteiger partial charge in [0.15, 0.2) is 0 Å². The highest BCUT2D eigenvalue weighted by Gasteiger charge is 2.13. The predicted octanol–water partition coefficient (Wildman–Crippen LogP) is 5.53. The summed E-state index contributed by atoms with van der Waals surface area (Å²) in [5, 5.41) is 3.77. The van der Waals surface area contributed by atoms with Gasteiger partial charge in [-0.15, -0.1) is 0 Å². The number of nitrogens with zero attached hydrogens (tertiary/aromatic N) is 1. The summed E-state index contributed by atoms with van der Waals surface area (Å²) in [5.74, 6) is -0.260. The first kappa shape index (κ1) is 17.7. The van der Waals surface area contributed by atoms with Crippen LogP contribution >= 0.6 is 0 Å². The van der Waals surface area contributed by atoms with Gasteiger partial charge in [-0.05, 0) is 50.2 Å². The quantitative estimate of drug-likeness (QED) is 0.516. The van der Waals surface area contributed by atoms with E-state index in [1.165, 1.54) is 0 Å². The van der Waals surface area contributed by atoms with Crippen molar-refractivity contribution in [2.45, 2.75) is 13.8 Å². The van der Waals surface area contributed by atoms with Crippen LogP contribution in [0.3, 0.4) is 0 Å². The molecule has 0 spiro atoms. The van der Waals surface area contributed by atoms with E-state index < -0.39 is 0 Å². The fourth-order valence-electron chi connectivity index (χ4n) is 2.89. The highest BCUT2D eigenvalue weighted by Crippen LogP contribution is 2.17. The lowest BCUT2D eigenvalue weighted by molar-refractivity contribution is 0.102. The number of para-hydroxylation sites is 1. The molecule has 28 heavy (non-hydrogen) atoms. The molecule has 0 saturated carbocycles. The van der Waals surface area contributed by atoms with E-state index in [-0.39, 0.29) is 11.5 Å². The van der Waals surface area contributed by atoms with Gasteiger partial charge in [0.25, 0.3) is 5.91 Å². The van der Waals surface area contributed by atoms with Crippen molar-refractivity contribution in [1.82, 2.24) is 0 Å². The average molecular weight is 368 g/mol. The Morgan fingerprint density at radius 1 is 0.857 bits per heavy atom. The molecule has 4 aromatic rings. The number of carbonyl (C=O) groups excluding carboxylic acids is 1. The highest BCUT2D eigenvalue weighted by molar-refractivity contribution is 6.05. The average Bonchev–Trinajstić information content (AvgIpc) is 2.71. The second-order valence-corrected chi connectivity index (χ2v) is 6.77. The van der Waals surface area contributed by atoms with Crippen LogP contribution in [0.5, 0.6) is 0 Å². The molecule has 4 heteroatoms. The van der Waals surface area contributed by atoms with Gasteiger partial charge in [0.1, 0.15) is 11.1 Å². The van der Waals surface area contributed by atoms with E-state index in [1.807, 2.05) is 92.7 Å².